The summed E-state index contributed by atoms with van der Waals surface area (Å²) in [6.07, 6.45) is 9.82. The fourth-order valence-corrected chi connectivity index (χ4v) is 2.07. The molecule has 6 heteroatoms. The van der Waals surface area contributed by atoms with Crippen molar-refractivity contribution in [2.24, 2.45) is 10.9 Å². The van der Waals surface area contributed by atoms with Crippen LogP contribution in [0.4, 0.5) is 0 Å². The number of carbonyl (C=O) groups excluding carboxylic acids is 1. The van der Waals surface area contributed by atoms with Gasteiger partial charge in [0.25, 0.3) is 5.91 Å². The molecule has 0 aliphatic carbocycles. The van der Waals surface area contributed by atoms with Gasteiger partial charge in [-0.3, -0.25) is 4.79 Å². The molecule has 0 atom stereocenters. The topological polar surface area (TPSA) is 83.4 Å². The maximum absolute atomic E-state index is 11.1. The highest BCUT2D eigenvalue weighted by atomic mass is 16.4. The lowest BCUT2D eigenvalue weighted by molar-refractivity contribution is -0.727. The molecule has 0 aliphatic rings. The number of oxime groups is 1. The minimum absolute atomic E-state index is 0.422. The van der Waals surface area contributed by atoms with Crippen molar-refractivity contribution in [3.05, 3.63) is 60.2 Å². The second-order valence-electron chi connectivity index (χ2n) is 4.67. The van der Waals surface area contributed by atoms with E-state index in [4.69, 9.17) is 10.9 Å². The van der Waals surface area contributed by atoms with E-state index in [1.807, 2.05) is 45.9 Å². The Morgan fingerprint density at radius 2 is 1.86 bits per heavy atom. The summed E-state index contributed by atoms with van der Waals surface area (Å²) in [5.41, 5.74) is 6.60. The van der Waals surface area contributed by atoms with Gasteiger partial charge < -0.3 is 10.9 Å². The fourth-order valence-electron chi connectivity index (χ4n) is 2.07. The van der Waals surface area contributed by atoms with Crippen LogP contribution in [0.5, 0.6) is 0 Å². The lowest BCUT2D eigenvalue weighted by Gasteiger charge is -1.98. The van der Waals surface area contributed by atoms with Crippen LogP contribution in [0.25, 0.3) is 0 Å². The van der Waals surface area contributed by atoms with Gasteiger partial charge in [0.15, 0.2) is 37.9 Å². The number of pyridine rings is 2. The highest BCUT2D eigenvalue weighted by Gasteiger charge is 2.08. The average Bonchev–Trinajstić information content (AvgIpc) is 2.48. The Bertz CT molecular complexity index is 656. The van der Waals surface area contributed by atoms with Crippen molar-refractivity contribution in [1.29, 1.82) is 0 Å². The Hall–Kier alpha value is -2.76. The first-order valence-corrected chi connectivity index (χ1v) is 6.64. The molecule has 2 aromatic heterocycles. The third-order valence-electron chi connectivity index (χ3n) is 3.06. The maximum atomic E-state index is 11.1. The first kappa shape index (κ1) is 14.6. The number of hydrogen-bond acceptors (Lipinski definition) is 3. The third kappa shape index (κ3) is 4.38. The van der Waals surface area contributed by atoms with Crippen molar-refractivity contribution in [2.45, 2.75) is 19.5 Å². The summed E-state index contributed by atoms with van der Waals surface area (Å²) in [6, 6.07) is 7.27. The molecule has 0 saturated heterocycles. The predicted octanol–water partition coefficient (Wildman–Crippen LogP) is 0.259. The average molecular weight is 286 g/mol. The van der Waals surface area contributed by atoms with Crippen LogP contribution in [0.1, 0.15) is 22.3 Å². The van der Waals surface area contributed by atoms with Gasteiger partial charge in [-0.15, -0.1) is 0 Å². The minimum atomic E-state index is -0.422. The van der Waals surface area contributed by atoms with Crippen molar-refractivity contribution >= 4 is 12.1 Å². The zero-order valence-electron chi connectivity index (χ0n) is 11.6. The van der Waals surface area contributed by atoms with Crippen molar-refractivity contribution in [2.75, 3.05) is 0 Å². The quantitative estimate of drug-likeness (QED) is 0.345. The Labute approximate surface area is 122 Å². The van der Waals surface area contributed by atoms with Crippen LogP contribution in [-0.4, -0.2) is 17.3 Å². The van der Waals surface area contributed by atoms with Crippen molar-refractivity contribution < 1.29 is 19.1 Å². The van der Waals surface area contributed by atoms with E-state index in [1.54, 1.807) is 12.3 Å². The van der Waals surface area contributed by atoms with Crippen LogP contribution in [0, 0.1) is 0 Å². The summed E-state index contributed by atoms with van der Waals surface area (Å²) in [6.45, 7) is 1.60. The van der Waals surface area contributed by atoms with Crippen molar-refractivity contribution in [3.8, 4) is 0 Å². The molecule has 0 aromatic carbocycles. The molecule has 0 bridgehead atoms. The largest absolute Gasteiger partial charge is 0.411 e. The van der Waals surface area contributed by atoms with Gasteiger partial charge in [-0.05, 0) is 12.1 Å². The van der Waals surface area contributed by atoms with Crippen LogP contribution >= 0.6 is 0 Å². The molecule has 2 aromatic rings. The number of carbonyl (C=O) groups is 1. The van der Waals surface area contributed by atoms with Gasteiger partial charge >= 0.3 is 0 Å². The smallest absolute Gasteiger partial charge is 0.254 e. The van der Waals surface area contributed by atoms with E-state index >= 15 is 0 Å². The number of nitrogens with two attached hydrogens (primary N) is 1. The van der Waals surface area contributed by atoms with Crippen LogP contribution < -0.4 is 14.9 Å². The molecule has 0 saturated carbocycles. The van der Waals surface area contributed by atoms with Gasteiger partial charge in [0.1, 0.15) is 5.56 Å². The molecule has 0 radical (unpaired) electrons. The van der Waals surface area contributed by atoms with E-state index < -0.39 is 5.91 Å². The summed E-state index contributed by atoms with van der Waals surface area (Å²) in [5, 5.41) is 11.5. The Kier molecular flexibility index (Phi) is 4.98. The molecule has 21 heavy (non-hydrogen) atoms. The summed E-state index contributed by atoms with van der Waals surface area (Å²) >= 11 is 0. The summed E-state index contributed by atoms with van der Waals surface area (Å²) in [4.78, 5) is 11.1. The second kappa shape index (κ2) is 7.14. The zero-order chi connectivity index (χ0) is 15.1. The van der Waals surface area contributed by atoms with E-state index in [2.05, 4.69) is 5.16 Å². The van der Waals surface area contributed by atoms with E-state index in [1.165, 1.54) is 6.21 Å². The van der Waals surface area contributed by atoms with E-state index in [0.29, 0.717) is 5.56 Å². The molecule has 2 heterocycles. The summed E-state index contributed by atoms with van der Waals surface area (Å²) in [7, 11) is 0. The normalized spacial score (nSPS) is 10.9. The Morgan fingerprint density at radius 3 is 2.52 bits per heavy atom. The Balaban J connectivity index is 1.93. The molecule has 3 N–H and O–H groups in total. The lowest BCUT2D eigenvalue weighted by atomic mass is 10.2. The standard InChI is InChI=1S/C15H16N4O2/c16-15(20)14-5-2-7-19(12-14)9-3-8-18-6-1-4-13(11-18)10-17-21/h1-2,4-7,10-12H,3,8-9H2,(H-2,16,20,21)/p+2/b17-10+. The molecule has 0 fully saturated rings. The van der Waals surface area contributed by atoms with Gasteiger partial charge in [0, 0.05) is 12.1 Å². The van der Waals surface area contributed by atoms with E-state index in [0.717, 1.165) is 25.1 Å². The SMILES string of the molecule is NC(=O)c1ccc[n+](CCC[n+]2cccc(/C=N/O)c2)c1. The molecule has 0 aliphatic heterocycles. The fraction of sp³-hybridized carbons (Fsp3) is 0.200. The highest BCUT2D eigenvalue weighted by molar-refractivity contribution is 5.92. The summed E-state index contributed by atoms with van der Waals surface area (Å²) in [5.74, 6) is -0.422. The minimum Gasteiger partial charge on any atom is -0.411 e. The number of aromatic nitrogens is 2. The highest BCUT2D eigenvalue weighted by Crippen LogP contribution is 1.94. The van der Waals surface area contributed by atoms with Gasteiger partial charge in [-0.25, -0.2) is 9.13 Å². The number of aryl methyl sites for hydroxylation is 2. The monoisotopic (exact) mass is 286 g/mol. The maximum Gasteiger partial charge on any atom is 0.254 e. The predicted molar refractivity (Wildman–Crippen MR) is 75.8 cm³/mol. The molecule has 0 unspecified atom stereocenters. The molecular formula is C15H18N4O2+2. The van der Waals surface area contributed by atoms with Crippen LogP contribution in [-0.2, 0) is 13.1 Å². The van der Waals surface area contributed by atoms with Crippen LogP contribution in [0.15, 0.2) is 54.2 Å². The zero-order valence-corrected chi connectivity index (χ0v) is 11.6. The van der Waals surface area contributed by atoms with Gasteiger partial charge in [0.2, 0.25) is 0 Å². The number of primary amides is 1. The van der Waals surface area contributed by atoms with Crippen molar-refractivity contribution in [3.63, 3.8) is 0 Å². The molecular weight excluding hydrogens is 268 g/mol. The lowest BCUT2D eigenvalue weighted by Crippen LogP contribution is -2.39. The first-order chi connectivity index (χ1) is 10.2. The third-order valence-corrected chi connectivity index (χ3v) is 3.06. The molecule has 108 valence electrons. The molecule has 0 spiro atoms. The number of nitrogens with zero attached hydrogens (tertiary/aromatic N) is 3. The van der Waals surface area contributed by atoms with Gasteiger partial charge in [-0.2, -0.15) is 0 Å². The summed E-state index contributed by atoms with van der Waals surface area (Å²) < 4.78 is 3.97. The van der Waals surface area contributed by atoms with Crippen LogP contribution in [0.2, 0.25) is 0 Å². The van der Waals surface area contributed by atoms with Gasteiger partial charge in [-0.1, -0.05) is 5.16 Å². The molecule has 1 amide bonds. The van der Waals surface area contributed by atoms with Crippen LogP contribution in [0.3, 0.4) is 0 Å². The number of amides is 1. The Morgan fingerprint density at radius 1 is 1.19 bits per heavy atom. The van der Waals surface area contributed by atoms with E-state index in [9.17, 15) is 4.79 Å². The van der Waals surface area contributed by atoms with E-state index in [-0.39, 0.29) is 0 Å². The molecule has 6 nitrogen and oxygen atoms in total. The first-order valence-electron chi connectivity index (χ1n) is 6.64. The van der Waals surface area contributed by atoms with Crippen molar-refractivity contribution in [1.82, 2.24) is 0 Å². The number of hydrogen-bond donors (Lipinski definition) is 2. The molecule has 2 rings (SSSR count). The van der Waals surface area contributed by atoms with Gasteiger partial charge in [0.05, 0.1) is 18.2 Å². The number of rotatable bonds is 6. The second-order valence-corrected chi connectivity index (χ2v) is 4.67.